The summed E-state index contributed by atoms with van der Waals surface area (Å²) in [6.07, 6.45) is 5.05. The highest BCUT2D eigenvalue weighted by Gasteiger charge is 2.56. The van der Waals surface area contributed by atoms with Crippen molar-refractivity contribution < 1.29 is 23.8 Å². The molecule has 11 heteroatoms. The van der Waals surface area contributed by atoms with Gasteiger partial charge in [-0.05, 0) is 54.3 Å². The zero-order chi connectivity index (χ0) is 30.4. The van der Waals surface area contributed by atoms with Gasteiger partial charge in [0.15, 0.2) is 0 Å². The standard InChI is InChI=1S/C32H29ClFN5O4/c1-3-31(41,28-17-38(2)19-37-28)22-12-26-29(27(34)13-22)32(43-25-10-11-42-18-25,21-5-7-23(33)8-6-21)39(30(26)40)16-20-4-9-24(14-35)36-15-20/h4-9,12-13,15,17,19,25,41H,3,10-11,16,18H2,1-2H3/t25-,31?,32+/m0/s1. The SMILES string of the molecule is CCC(O)(c1cc(F)c2c(c1)C(=O)N(Cc1ccc(C#N)nc1)[C@@]2(O[C@H]1CCOC1)c1ccc(Cl)cc1)c1cn(C)cn1. The van der Waals surface area contributed by atoms with E-state index in [-0.39, 0.29) is 42.0 Å². The predicted molar refractivity (Wildman–Crippen MR) is 154 cm³/mol. The van der Waals surface area contributed by atoms with Crippen LogP contribution in [0.25, 0.3) is 0 Å². The minimum Gasteiger partial charge on any atom is -0.379 e. The molecular weight excluding hydrogens is 573 g/mol. The second-order valence-electron chi connectivity index (χ2n) is 10.8. The molecule has 0 bridgehead atoms. The van der Waals surface area contributed by atoms with Crippen molar-refractivity contribution in [2.45, 2.75) is 43.7 Å². The van der Waals surface area contributed by atoms with Gasteiger partial charge in [0.05, 0.1) is 42.4 Å². The number of rotatable bonds is 8. The number of carbonyl (C=O) groups excluding carboxylic acids is 1. The van der Waals surface area contributed by atoms with E-state index in [0.717, 1.165) is 0 Å². The number of pyridine rings is 1. The maximum atomic E-state index is 16.8. The van der Waals surface area contributed by atoms with E-state index < -0.39 is 29.2 Å². The van der Waals surface area contributed by atoms with Crippen molar-refractivity contribution >= 4 is 17.5 Å². The number of fused-ring (bicyclic) bond motifs is 1. The molecule has 0 saturated carbocycles. The molecule has 0 aliphatic carbocycles. The number of hydrogen-bond acceptors (Lipinski definition) is 7. The number of ether oxygens (including phenoxy) is 2. The van der Waals surface area contributed by atoms with E-state index in [0.29, 0.717) is 34.9 Å². The summed E-state index contributed by atoms with van der Waals surface area (Å²) >= 11 is 6.25. The fourth-order valence-corrected chi connectivity index (χ4v) is 6.03. The van der Waals surface area contributed by atoms with E-state index in [1.54, 1.807) is 67.5 Å². The highest BCUT2D eigenvalue weighted by atomic mass is 35.5. The number of aliphatic hydroxyl groups is 1. The van der Waals surface area contributed by atoms with Gasteiger partial charge in [-0.15, -0.1) is 0 Å². The summed E-state index contributed by atoms with van der Waals surface area (Å²) in [6.45, 7) is 2.51. The van der Waals surface area contributed by atoms with Crippen molar-refractivity contribution in [1.82, 2.24) is 19.4 Å². The van der Waals surface area contributed by atoms with Gasteiger partial charge >= 0.3 is 0 Å². The zero-order valence-electron chi connectivity index (χ0n) is 23.6. The Morgan fingerprint density at radius 2 is 2.05 bits per heavy atom. The number of imidazole rings is 1. The summed E-state index contributed by atoms with van der Waals surface area (Å²) in [5.41, 5.74) is -1.35. The van der Waals surface area contributed by atoms with Gasteiger partial charge < -0.3 is 19.1 Å². The highest BCUT2D eigenvalue weighted by molar-refractivity contribution is 6.30. The minimum absolute atomic E-state index is 0.00448. The summed E-state index contributed by atoms with van der Waals surface area (Å²) in [5.74, 6) is -1.20. The van der Waals surface area contributed by atoms with E-state index in [1.807, 2.05) is 6.07 Å². The quantitative estimate of drug-likeness (QED) is 0.309. The van der Waals surface area contributed by atoms with E-state index >= 15 is 4.39 Å². The molecule has 0 spiro atoms. The van der Waals surface area contributed by atoms with Gasteiger partial charge in [-0.3, -0.25) is 9.69 Å². The van der Waals surface area contributed by atoms with Crippen molar-refractivity contribution in [1.29, 1.82) is 5.26 Å². The van der Waals surface area contributed by atoms with Gasteiger partial charge in [-0.2, -0.15) is 5.26 Å². The predicted octanol–water partition coefficient (Wildman–Crippen LogP) is 4.79. The largest absolute Gasteiger partial charge is 0.379 e. The highest BCUT2D eigenvalue weighted by Crippen LogP contribution is 2.50. The third-order valence-electron chi connectivity index (χ3n) is 8.14. The molecule has 1 fully saturated rings. The molecule has 220 valence electrons. The van der Waals surface area contributed by atoms with Crippen molar-refractivity contribution in [3.8, 4) is 6.07 Å². The Hall–Kier alpha value is -4.14. The van der Waals surface area contributed by atoms with E-state index in [4.69, 9.17) is 21.1 Å². The molecule has 43 heavy (non-hydrogen) atoms. The first kappa shape index (κ1) is 29.0. The topological polar surface area (TPSA) is 114 Å². The summed E-state index contributed by atoms with van der Waals surface area (Å²) in [4.78, 5) is 24.4. The molecule has 2 aliphatic rings. The molecular formula is C32H29ClFN5O4. The van der Waals surface area contributed by atoms with Crippen molar-refractivity contribution in [2.24, 2.45) is 7.05 Å². The smallest absolute Gasteiger partial charge is 0.257 e. The summed E-state index contributed by atoms with van der Waals surface area (Å²) < 4.78 is 30.8. The number of halogens is 2. The molecule has 2 aliphatic heterocycles. The molecule has 6 rings (SSSR count). The van der Waals surface area contributed by atoms with Crippen molar-refractivity contribution in [3.05, 3.63) is 117 Å². The molecule has 2 aromatic heterocycles. The lowest BCUT2D eigenvalue weighted by Crippen LogP contribution is -2.49. The van der Waals surface area contributed by atoms with Crippen LogP contribution in [0.1, 0.15) is 63.8 Å². The second-order valence-corrected chi connectivity index (χ2v) is 11.3. The van der Waals surface area contributed by atoms with Crippen LogP contribution in [0.4, 0.5) is 4.39 Å². The van der Waals surface area contributed by atoms with Gasteiger partial charge in [-0.25, -0.2) is 14.4 Å². The number of amides is 1. The first-order valence-electron chi connectivity index (χ1n) is 13.9. The molecule has 2 aromatic carbocycles. The summed E-state index contributed by atoms with van der Waals surface area (Å²) in [6, 6.07) is 14.8. The lowest BCUT2D eigenvalue weighted by Gasteiger charge is -2.41. The van der Waals surface area contributed by atoms with E-state index in [9.17, 15) is 15.2 Å². The number of aryl methyl sites for hydroxylation is 1. The molecule has 0 radical (unpaired) electrons. The number of carbonyl (C=O) groups is 1. The molecule has 1 saturated heterocycles. The Morgan fingerprint density at radius 3 is 2.65 bits per heavy atom. The van der Waals surface area contributed by atoms with Crippen LogP contribution in [-0.4, -0.2) is 49.8 Å². The third kappa shape index (κ3) is 4.88. The summed E-state index contributed by atoms with van der Waals surface area (Å²) in [7, 11) is 1.78. The molecule has 4 heterocycles. The van der Waals surface area contributed by atoms with Crippen LogP contribution in [0.15, 0.2) is 67.3 Å². The first-order valence-corrected chi connectivity index (χ1v) is 14.3. The summed E-state index contributed by atoms with van der Waals surface area (Å²) in [5, 5.41) is 21.5. The van der Waals surface area contributed by atoms with Crippen molar-refractivity contribution in [3.63, 3.8) is 0 Å². The average Bonchev–Trinajstić information content (AvgIpc) is 3.75. The molecule has 1 unspecified atom stereocenters. The van der Waals surface area contributed by atoms with E-state index in [2.05, 4.69) is 9.97 Å². The number of aromatic nitrogens is 3. The molecule has 1 amide bonds. The number of nitrogens with zero attached hydrogens (tertiary/aromatic N) is 5. The van der Waals surface area contributed by atoms with E-state index in [1.165, 1.54) is 23.2 Å². The van der Waals surface area contributed by atoms with Crippen LogP contribution in [-0.2, 0) is 34.4 Å². The maximum absolute atomic E-state index is 16.8. The van der Waals surface area contributed by atoms with Gasteiger partial charge in [0, 0.05) is 36.6 Å². The van der Waals surface area contributed by atoms with Crippen LogP contribution in [0.3, 0.4) is 0 Å². The normalized spacial score (nSPS) is 21.1. The third-order valence-corrected chi connectivity index (χ3v) is 8.40. The Morgan fingerprint density at radius 1 is 1.26 bits per heavy atom. The number of benzene rings is 2. The first-order chi connectivity index (χ1) is 20.7. The average molecular weight is 602 g/mol. The Labute approximate surface area is 253 Å². The Kier molecular flexibility index (Phi) is 7.52. The van der Waals surface area contributed by atoms with Crippen LogP contribution in [0.5, 0.6) is 0 Å². The zero-order valence-corrected chi connectivity index (χ0v) is 24.4. The lowest BCUT2D eigenvalue weighted by atomic mass is 9.84. The lowest BCUT2D eigenvalue weighted by molar-refractivity contribution is -0.148. The molecule has 9 nitrogen and oxygen atoms in total. The molecule has 3 atom stereocenters. The Bertz CT molecular complexity index is 1720. The number of hydrogen-bond donors (Lipinski definition) is 1. The van der Waals surface area contributed by atoms with Crippen LogP contribution in [0, 0.1) is 17.1 Å². The fourth-order valence-electron chi connectivity index (χ4n) is 5.90. The fraction of sp³-hybridized carbons (Fsp3) is 0.312. The maximum Gasteiger partial charge on any atom is 0.257 e. The van der Waals surface area contributed by atoms with Gasteiger partial charge in [0.1, 0.15) is 23.2 Å². The monoisotopic (exact) mass is 601 g/mol. The Balaban J connectivity index is 1.58. The minimum atomic E-state index is -1.69. The van der Waals surface area contributed by atoms with Crippen LogP contribution < -0.4 is 0 Å². The van der Waals surface area contributed by atoms with Gasteiger partial charge in [-0.1, -0.05) is 36.7 Å². The second kappa shape index (κ2) is 11.2. The number of nitriles is 1. The van der Waals surface area contributed by atoms with Gasteiger partial charge in [0.2, 0.25) is 5.72 Å². The van der Waals surface area contributed by atoms with Crippen molar-refractivity contribution in [2.75, 3.05) is 13.2 Å². The molecule has 1 N–H and O–H groups in total. The van der Waals surface area contributed by atoms with Crippen LogP contribution >= 0.6 is 11.6 Å². The van der Waals surface area contributed by atoms with Gasteiger partial charge in [0.25, 0.3) is 5.91 Å². The molecule has 4 aromatic rings. The van der Waals surface area contributed by atoms with Crippen LogP contribution in [0.2, 0.25) is 5.02 Å².